The summed E-state index contributed by atoms with van der Waals surface area (Å²) in [7, 11) is 2.94. The van der Waals surface area contributed by atoms with E-state index in [0.717, 1.165) is 12.8 Å². The third-order valence-electron chi connectivity index (χ3n) is 1.47. The Hall–Kier alpha value is -0.410. The maximum Gasteiger partial charge on any atom is 0.217 e. The molecule has 0 bridgehead atoms. The maximum atomic E-state index is 11.1. The molecule has 11 heavy (non-hydrogen) atoms. The first-order valence-electron chi connectivity index (χ1n) is 3.84. The van der Waals surface area contributed by atoms with Crippen molar-refractivity contribution in [3.63, 3.8) is 0 Å². The van der Waals surface area contributed by atoms with Crippen LogP contribution in [0, 0.1) is 0 Å². The van der Waals surface area contributed by atoms with Gasteiger partial charge in [-0.05, 0) is 6.42 Å². The Morgan fingerprint density at radius 3 is 2.27 bits per heavy atom. The molecule has 0 aromatic rings. The molecule has 0 aromatic heterocycles. The van der Waals surface area contributed by atoms with Gasteiger partial charge < -0.3 is 9.47 Å². The molecule has 0 rings (SSSR count). The molecule has 66 valence electrons. The summed E-state index contributed by atoms with van der Waals surface area (Å²) in [5.41, 5.74) is 0. The monoisotopic (exact) mass is 160 g/mol. The lowest BCUT2D eigenvalue weighted by Crippen LogP contribution is -2.24. The molecule has 0 heterocycles. The molecule has 0 aliphatic carbocycles. The number of hydrogen-bond acceptors (Lipinski definition) is 3. The SMILES string of the molecule is CCCCC(=O)C(OC)OC. The van der Waals surface area contributed by atoms with Crippen LogP contribution < -0.4 is 0 Å². The molecule has 0 aliphatic heterocycles. The topological polar surface area (TPSA) is 35.5 Å². The minimum atomic E-state index is -0.665. The minimum absolute atomic E-state index is 0.0249. The maximum absolute atomic E-state index is 11.1. The Labute approximate surface area is 67.7 Å². The number of ether oxygens (including phenoxy) is 2. The van der Waals surface area contributed by atoms with Gasteiger partial charge in [0.05, 0.1) is 0 Å². The Morgan fingerprint density at radius 1 is 1.36 bits per heavy atom. The van der Waals surface area contributed by atoms with Crippen molar-refractivity contribution in [2.75, 3.05) is 14.2 Å². The molecule has 3 heteroatoms. The second kappa shape index (κ2) is 6.31. The molecule has 0 saturated heterocycles. The number of ketones is 1. The van der Waals surface area contributed by atoms with Crippen LogP contribution in [0.2, 0.25) is 0 Å². The van der Waals surface area contributed by atoms with Gasteiger partial charge in [-0.15, -0.1) is 0 Å². The fourth-order valence-corrected chi connectivity index (χ4v) is 0.828. The van der Waals surface area contributed by atoms with Gasteiger partial charge in [0, 0.05) is 20.6 Å². The molecule has 0 unspecified atom stereocenters. The van der Waals surface area contributed by atoms with Gasteiger partial charge in [-0.2, -0.15) is 0 Å². The van der Waals surface area contributed by atoms with Gasteiger partial charge in [-0.1, -0.05) is 13.3 Å². The highest BCUT2D eigenvalue weighted by Crippen LogP contribution is 2.01. The molecule has 0 radical (unpaired) electrons. The average Bonchev–Trinajstić information content (AvgIpc) is 2.03. The molecule has 0 fully saturated rings. The van der Waals surface area contributed by atoms with Crippen molar-refractivity contribution < 1.29 is 14.3 Å². The number of unbranched alkanes of at least 4 members (excludes halogenated alkanes) is 1. The molecule has 0 amide bonds. The van der Waals surface area contributed by atoms with Crippen LogP contribution >= 0.6 is 0 Å². The third-order valence-corrected chi connectivity index (χ3v) is 1.47. The van der Waals surface area contributed by atoms with Crippen LogP contribution in [-0.2, 0) is 14.3 Å². The minimum Gasteiger partial charge on any atom is -0.349 e. The Balaban J connectivity index is 3.61. The van der Waals surface area contributed by atoms with E-state index < -0.39 is 6.29 Å². The summed E-state index contributed by atoms with van der Waals surface area (Å²) in [6, 6.07) is 0. The summed E-state index contributed by atoms with van der Waals surface area (Å²) in [5, 5.41) is 0. The average molecular weight is 160 g/mol. The zero-order chi connectivity index (χ0) is 8.69. The first-order chi connectivity index (χ1) is 5.26. The van der Waals surface area contributed by atoms with E-state index in [2.05, 4.69) is 0 Å². The predicted molar refractivity (Wildman–Crippen MR) is 42.3 cm³/mol. The van der Waals surface area contributed by atoms with Gasteiger partial charge >= 0.3 is 0 Å². The van der Waals surface area contributed by atoms with E-state index in [-0.39, 0.29) is 5.78 Å². The summed E-state index contributed by atoms with van der Waals surface area (Å²) < 4.78 is 9.57. The van der Waals surface area contributed by atoms with E-state index in [4.69, 9.17) is 9.47 Å². The Morgan fingerprint density at radius 2 is 1.91 bits per heavy atom. The van der Waals surface area contributed by atoms with Crippen LogP contribution in [0.4, 0.5) is 0 Å². The number of carbonyl (C=O) groups is 1. The van der Waals surface area contributed by atoms with Crippen LogP contribution in [0.5, 0.6) is 0 Å². The lowest BCUT2D eigenvalue weighted by Gasteiger charge is -2.10. The van der Waals surface area contributed by atoms with Crippen LogP contribution in [0.25, 0.3) is 0 Å². The Kier molecular flexibility index (Phi) is 6.07. The zero-order valence-electron chi connectivity index (χ0n) is 7.42. The summed E-state index contributed by atoms with van der Waals surface area (Å²) >= 11 is 0. The van der Waals surface area contributed by atoms with Gasteiger partial charge in [0.15, 0.2) is 5.78 Å². The molecule has 0 aromatic carbocycles. The van der Waals surface area contributed by atoms with Crippen molar-refractivity contribution in [2.45, 2.75) is 32.5 Å². The van der Waals surface area contributed by atoms with E-state index >= 15 is 0 Å². The third kappa shape index (κ3) is 4.11. The number of carbonyl (C=O) groups excluding carboxylic acids is 1. The van der Waals surface area contributed by atoms with Crippen molar-refractivity contribution in [2.24, 2.45) is 0 Å². The molecule has 0 atom stereocenters. The molecular weight excluding hydrogens is 144 g/mol. The number of Topliss-reactive ketones (excluding diaryl/α,β-unsaturated/α-hetero) is 1. The molecular formula is C8H16O3. The van der Waals surface area contributed by atoms with Crippen LogP contribution in [-0.4, -0.2) is 26.3 Å². The van der Waals surface area contributed by atoms with Crippen LogP contribution in [0.3, 0.4) is 0 Å². The lowest BCUT2D eigenvalue weighted by molar-refractivity contribution is -0.156. The summed E-state index contributed by atoms with van der Waals surface area (Å²) in [6.07, 6.45) is 1.80. The summed E-state index contributed by atoms with van der Waals surface area (Å²) in [6.45, 7) is 2.04. The van der Waals surface area contributed by atoms with Gasteiger partial charge in [0.1, 0.15) is 0 Å². The highest BCUT2D eigenvalue weighted by atomic mass is 16.7. The van der Waals surface area contributed by atoms with E-state index in [9.17, 15) is 4.79 Å². The van der Waals surface area contributed by atoms with Gasteiger partial charge in [-0.25, -0.2) is 0 Å². The highest BCUT2D eigenvalue weighted by Gasteiger charge is 2.14. The number of rotatable bonds is 6. The van der Waals surface area contributed by atoms with Crippen LogP contribution in [0.1, 0.15) is 26.2 Å². The Bertz CT molecular complexity index is 108. The van der Waals surface area contributed by atoms with Crippen molar-refractivity contribution in [1.29, 1.82) is 0 Å². The van der Waals surface area contributed by atoms with E-state index in [1.807, 2.05) is 6.92 Å². The molecule has 0 saturated carbocycles. The fraction of sp³-hybridized carbons (Fsp3) is 0.875. The number of hydrogen-bond donors (Lipinski definition) is 0. The number of methoxy groups -OCH3 is 2. The first kappa shape index (κ1) is 10.6. The van der Waals surface area contributed by atoms with Crippen molar-refractivity contribution in [1.82, 2.24) is 0 Å². The van der Waals surface area contributed by atoms with E-state index in [1.165, 1.54) is 14.2 Å². The summed E-state index contributed by atoms with van der Waals surface area (Å²) in [5.74, 6) is 0.0249. The van der Waals surface area contributed by atoms with Crippen molar-refractivity contribution in [3.05, 3.63) is 0 Å². The van der Waals surface area contributed by atoms with E-state index in [0.29, 0.717) is 6.42 Å². The smallest absolute Gasteiger partial charge is 0.217 e. The van der Waals surface area contributed by atoms with Crippen LogP contribution in [0.15, 0.2) is 0 Å². The normalized spacial score (nSPS) is 10.5. The van der Waals surface area contributed by atoms with Crippen molar-refractivity contribution >= 4 is 5.78 Å². The fourth-order valence-electron chi connectivity index (χ4n) is 0.828. The van der Waals surface area contributed by atoms with E-state index in [1.54, 1.807) is 0 Å². The molecule has 3 nitrogen and oxygen atoms in total. The second-order valence-corrected chi connectivity index (χ2v) is 2.37. The molecule has 0 spiro atoms. The summed E-state index contributed by atoms with van der Waals surface area (Å²) in [4.78, 5) is 11.1. The largest absolute Gasteiger partial charge is 0.349 e. The second-order valence-electron chi connectivity index (χ2n) is 2.37. The lowest BCUT2D eigenvalue weighted by atomic mass is 10.2. The molecule has 0 N–H and O–H groups in total. The van der Waals surface area contributed by atoms with Gasteiger partial charge in [-0.3, -0.25) is 4.79 Å². The highest BCUT2D eigenvalue weighted by molar-refractivity contribution is 5.81. The first-order valence-corrected chi connectivity index (χ1v) is 3.84. The van der Waals surface area contributed by atoms with Gasteiger partial charge in [0.25, 0.3) is 0 Å². The van der Waals surface area contributed by atoms with Crippen molar-refractivity contribution in [3.8, 4) is 0 Å². The predicted octanol–water partition coefficient (Wildman–Crippen LogP) is 1.36. The standard InChI is InChI=1S/C8H16O3/c1-4-5-6-7(9)8(10-2)11-3/h8H,4-6H2,1-3H3. The zero-order valence-corrected chi connectivity index (χ0v) is 7.42. The molecule has 0 aliphatic rings. The quantitative estimate of drug-likeness (QED) is 0.550. The van der Waals surface area contributed by atoms with Gasteiger partial charge in [0.2, 0.25) is 6.29 Å².